The summed E-state index contributed by atoms with van der Waals surface area (Å²) in [6.07, 6.45) is -10.7. The first kappa shape index (κ1) is 58.7. The molecule has 0 heterocycles. The van der Waals surface area contributed by atoms with E-state index in [-0.39, 0.29) is 30.6 Å². The van der Waals surface area contributed by atoms with Gasteiger partial charge in [-0.2, -0.15) is 74.6 Å². The Labute approximate surface area is 370 Å². The summed E-state index contributed by atoms with van der Waals surface area (Å²) >= 11 is 0. The lowest BCUT2D eigenvalue weighted by Gasteiger charge is -2.44. The molecule has 67 heavy (non-hydrogen) atoms. The molecular weight excluding hydrogens is 981 g/mol. The first-order valence-corrected chi connectivity index (χ1v) is 21.7. The monoisotopic (exact) mass is 1020 g/mol. The highest BCUT2D eigenvalue weighted by Crippen LogP contribution is 2.64. The lowest BCUT2D eigenvalue weighted by atomic mass is 9.88. The van der Waals surface area contributed by atoms with Crippen LogP contribution in [0.15, 0.2) is 54.1 Å². The normalized spacial score (nSPS) is 14.6. The molecular formula is C39H43F19N2O6Si. The van der Waals surface area contributed by atoms with Gasteiger partial charge in [-0.3, -0.25) is 15.3 Å². The Bertz CT molecular complexity index is 2010. The molecule has 382 valence electrons. The second-order valence-corrected chi connectivity index (χ2v) is 20.6. The third-order valence-electron chi connectivity index (χ3n) is 10.5. The number of unbranched alkanes of at least 4 members (excludes halogenated alkanes) is 1. The Morgan fingerprint density at radius 2 is 1.22 bits per heavy atom. The zero-order chi connectivity index (χ0) is 52.0. The summed E-state index contributed by atoms with van der Waals surface area (Å²) in [5, 5.41) is 10.9. The van der Waals surface area contributed by atoms with Crippen LogP contribution < -0.4 is 15.5 Å². The second-order valence-electron chi connectivity index (χ2n) is 15.6. The van der Waals surface area contributed by atoms with E-state index >= 15 is 0 Å². The molecule has 28 heteroatoms. The van der Waals surface area contributed by atoms with Crippen LogP contribution in [-0.2, 0) is 14.0 Å². The fourth-order valence-electron chi connectivity index (χ4n) is 6.48. The molecule has 0 aliphatic heterocycles. The lowest BCUT2D eigenvalue weighted by Crippen LogP contribution is -2.74. The number of amides is 2. The summed E-state index contributed by atoms with van der Waals surface area (Å²) in [4.78, 5) is 24.3. The number of benzene rings is 2. The Kier molecular flexibility index (Phi) is 18.8. The standard InChI is InChI=1S/C39H43F19N2O6Si/c1-21(2)67(22(3)4,19-16-32(42,43)33(44,45)34(46,47)35(48,49)36(50,51)37(52,53)38(54,55)39(56,57)58)65-18-17-64-26-13-10-24(11-14-26)29(9-7-6-8-23(5)30(61)60-63)66-31(62)59-28-15-12-25(40)20-27(28)41/h8,10-15,20-22,29,63H,6-7,9,16-19H2,1-5H3,(H,59,62)(H,60,61)/b23-8+/t29-/m1/s1. The number of hydrogen-bond donors (Lipinski definition) is 3. The number of nitrogens with one attached hydrogen (secondary N) is 2. The van der Waals surface area contributed by atoms with E-state index in [1.165, 1.54) is 70.4 Å². The SMILES string of the molecule is C/C(=C\CCC[C@@H](OC(=O)Nc1ccc(F)cc1F)c1ccc(OCCO[Si](CCC(F)(F)C(F)(F)C(F)(F)C(F)(F)C(F)(F)C(F)(F)C(F)(F)C(F)(F)F)(C(C)C)C(C)C)cc1)C(=O)NO. The fourth-order valence-corrected chi connectivity index (χ4v) is 10.9. The van der Waals surface area contributed by atoms with E-state index in [2.05, 4.69) is 5.32 Å². The molecule has 0 saturated carbocycles. The maximum Gasteiger partial charge on any atom is 0.460 e. The third kappa shape index (κ3) is 12.2. The van der Waals surface area contributed by atoms with Crippen LogP contribution >= 0.6 is 0 Å². The van der Waals surface area contributed by atoms with Gasteiger partial charge in [0.2, 0.25) is 0 Å². The summed E-state index contributed by atoms with van der Waals surface area (Å²) in [7, 11) is -4.05. The fraction of sp³-hybridized carbons (Fsp3) is 0.590. The molecule has 0 radical (unpaired) electrons. The van der Waals surface area contributed by atoms with Gasteiger partial charge in [-0.15, -0.1) is 0 Å². The molecule has 3 N–H and O–H groups in total. The zero-order valence-corrected chi connectivity index (χ0v) is 36.5. The first-order valence-electron chi connectivity index (χ1n) is 19.4. The van der Waals surface area contributed by atoms with Gasteiger partial charge in [0.15, 0.2) is 8.32 Å². The molecule has 0 bridgehead atoms. The van der Waals surface area contributed by atoms with Crippen molar-refractivity contribution >= 4 is 26.0 Å². The van der Waals surface area contributed by atoms with Crippen LogP contribution in [0, 0.1) is 11.6 Å². The van der Waals surface area contributed by atoms with Crippen molar-refractivity contribution < 1.29 is 112 Å². The minimum absolute atomic E-state index is 0.0450. The van der Waals surface area contributed by atoms with Gasteiger partial charge in [0.05, 0.1) is 12.3 Å². The molecule has 0 spiro atoms. The molecule has 2 aromatic carbocycles. The highest BCUT2D eigenvalue weighted by atomic mass is 28.4. The smallest absolute Gasteiger partial charge is 0.460 e. The number of carbonyl (C=O) groups is 2. The van der Waals surface area contributed by atoms with Gasteiger partial charge in [-0.25, -0.2) is 19.1 Å². The molecule has 0 aromatic heterocycles. The highest BCUT2D eigenvalue weighted by Gasteiger charge is 2.95. The topological polar surface area (TPSA) is 106 Å². The molecule has 1 atom stereocenters. The van der Waals surface area contributed by atoms with E-state index in [0.29, 0.717) is 11.6 Å². The van der Waals surface area contributed by atoms with E-state index < -0.39 is 128 Å². The van der Waals surface area contributed by atoms with Crippen LogP contribution in [0.4, 0.5) is 93.9 Å². The van der Waals surface area contributed by atoms with Gasteiger partial charge in [0.25, 0.3) is 5.91 Å². The molecule has 2 amide bonds. The van der Waals surface area contributed by atoms with Crippen molar-refractivity contribution in [1.29, 1.82) is 0 Å². The van der Waals surface area contributed by atoms with E-state index in [9.17, 15) is 93.0 Å². The number of allylic oxidation sites excluding steroid dienone is 1. The van der Waals surface area contributed by atoms with Gasteiger partial charge in [0.1, 0.15) is 30.1 Å². The highest BCUT2D eigenvalue weighted by molar-refractivity contribution is 6.76. The van der Waals surface area contributed by atoms with Gasteiger partial charge in [-0.1, -0.05) is 45.9 Å². The number of hydroxylamine groups is 1. The van der Waals surface area contributed by atoms with Crippen LogP contribution in [0.25, 0.3) is 0 Å². The minimum Gasteiger partial charge on any atom is -0.491 e. The number of hydrogen-bond acceptors (Lipinski definition) is 6. The molecule has 8 nitrogen and oxygen atoms in total. The molecule has 0 saturated heterocycles. The summed E-state index contributed by atoms with van der Waals surface area (Å²) in [6.45, 7) is 5.48. The van der Waals surface area contributed by atoms with Crippen molar-refractivity contribution in [1.82, 2.24) is 5.48 Å². The molecule has 0 aliphatic carbocycles. The molecule has 2 aromatic rings. The first-order chi connectivity index (χ1) is 30.3. The van der Waals surface area contributed by atoms with Gasteiger partial charge in [-0.05, 0) is 73.1 Å². The Hall–Kier alpha value is -4.47. The van der Waals surface area contributed by atoms with Crippen molar-refractivity contribution in [3.8, 4) is 5.75 Å². The maximum absolute atomic E-state index is 15.0. The average molecular weight is 1020 g/mol. The van der Waals surface area contributed by atoms with Crippen molar-refractivity contribution in [2.75, 3.05) is 18.5 Å². The molecule has 0 aliphatic rings. The minimum atomic E-state index is -8.72. The Morgan fingerprint density at radius 1 is 0.716 bits per heavy atom. The number of ether oxygens (including phenoxy) is 2. The van der Waals surface area contributed by atoms with E-state index in [4.69, 9.17) is 19.1 Å². The van der Waals surface area contributed by atoms with E-state index in [1.807, 2.05) is 0 Å². The van der Waals surface area contributed by atoms with Crippen molar-refractivity contribution in [3.05, 3.63) is 71.3 Å². The lowest BCUT2D eigenvalue weighted by molar-refractivity contribution is -0.461. The van der Waals surface area contributed by atoms with Gasteiger partial charge in [0, 0.05) is 18.1 Å². The summed E-state index contributed by atoms with van der Waals surface area (Å²) in [5.41, 5.74) is -0.387. The van der Waals surface area contributed by atoms with Crippen molar-refractivity contribution in [3.63, 3.8) is 0 Å². The number of alkyl halides is 17. The van der Waals surface area contributed by atoms with Gasteiger partial charge < -0.3 is 13.9 Å². The van der Waals surface area contributed by atoms with E-state index in [0.717, 1.165) is 12.1 Å². The molecule has 2 rings (SSSR count). The third-order valence-corrected chi connectivity index (χ3v) is 16.2. The summed E-state index contributed by atoms with van der Waals surface area (Å²) in [5.74, 6) is -59.8. The molecule has 0 fully saturated rings. The summed E-state index contributed by atoms with van der Waals surface area (Å²) in [6, 6.07) is 6.32. The van der Waals surface area contributed by atoms with Crippen molar-refractivity contribution in [2.45, 2.75) is 131 Å². The quantitative estimate of drug-likeness (QED) is 0.0242. The average Bonchev–Trinajstić information content (AvgIpc) is 3.21. The predicted octanol–water partition coefficient (Wildman–Crippen LogP) is 13.4. The van der Waals surface area contributed by atoms with Crippen LogP contribution in [0.1, 0.15) is 72.0 Å². The summed E-state index contributed by atoms with van der Waals surface area (Å²) < 4.78 is 280. The number of carbonyl (C=O) groups excluding carboxylic acids is 2. The van der Waals surface area contributed by atoms with Gasteiger partial charge >= 0.3 is 53.7 Å². The van der Waals surface area contributed by atoms with Crippen molar-refractivity contribution in [2.24, 2.45) is 0 Å². The number of anilines is 1. The van der Waals surface area contributed by atoms with Crippen LogP contribution in [0.5, 0.6) is 5.75 Å². The largest absolute Gasteiger partial charge is 0.491 e. The second kappa shape index (κ2) is 21.4. The Balaban J connectivity index is 2.28. The van der Waals surface area contributed by atoms with Crippen LogP contribution in [0.2, 0.25) is 17.1 Å². The number of halogens is 19. The van der Waals surface area contributed by atoms with E-state index in [1.54, 1.807) is 0 Å². The number of rotatable bonds is 24. The van der Waals surface area contributed by atoms with Crippen LogP contribution in [0.3, 0.4) is 0 Å². The Morgan fingerprint density at radius 3 is 1.70 bits per heavy atom. The molecule has 0 unspecified atom stereocenters. The predicted molar refractivity (Wildman–Crippen MR) is 201 cm³/mol. The maximum atomic E-state index is 15.0. The zero-order valence-electron chi connectivity index (χ0n) is 35.5. The van der Waals surface area contributed by atoms with Crippen LogP contribution in [-0.4, -0.2) is 86.4 Å².